The molecule has 0 atom stereocenters. The molecular formula is C19H16F3N5O2. The molecule has 0 saturated carbocycles. The fourth-order valence-corrected chi connectivity index (χ4v) is 2.55. The van der Waals surface area contributed by atoms with Crippen LogP contribution in [0.15, 0.2) is 36.4 Å². The van der Waals surface area contributed by atoms with Crippen molar-refractivity contribution in [2.24, 2.45) is 0 Å². The molecule has 0 aliphatic rings. The summed E-state index contributed by atoms with van der Waals surface area (Å²) in [4.78, 5) is 24.5. The summed E-state index contributed by atoms with van der Waals surface area (Å²) in [5.74, 6) is -3.31. The van der Waals surface area contributed by atoms with E-state index in [1.807, 2.05) is 0 Å². The average Bonchev–Trinajstić information content (AvgIpc) is 3.01. The topological polar surface area (TPSA) is 88.9 Å². The molecule has 0 spiro atoms. The standard InChI is InChI=1S/C19H16F3N5O2/c1-10-3-4-12(20)7-15(10)24-19(29)18-11(2)27(26-25-18)9-17(28)23-16-8-13(21)5-6-14(16)22/h3-8H,9H2,1-2H3,(H,23,28)(H,24,29). The van der Waals surface area contributed by atoms with E-state index in [9.17, 15) is 22.8 Å². The predicted octanol–water partition coefficient (Wildman–Crippen LogP) is 3.20. The monoisotopic (exact) mass is 403 g/mol. The number of carbonyl (C=O) groups is 2. The third kappa shape index (κ3) is 4.60. The van der Waals surface area contributed by atoms with Gasteiger partial charge in [0.1, 0.15) is 24.0 Å². The van der Waals surface area contributed by atoms with Gasteiger partial charge in [-0.25, -0.2) is 17.9 Å². The maximum absolute atomic E-state index is 13.6. The van der Waals surface area contributed by atoms with Crippen molar-refractivity contribution >= 4 is 23.2 Å². The number of halogens is 3. The molecule has 10 heteroatoms. The number of nitrogens with one attached hydrogen (secondary N) is 2. The second-order valence-electron chi connectivity index (χ2n) is 6.27. The molecule has 1 heterocycles. The van der Waals surface area contributed by atoms with Crippen molar-refractivity contribution in [1.82, 2.24) is 15.0 Å². The number of anilines is 2. The molecule has 0 radical (unpaired) electrons. The number of aromatic nitrogens is 3. The Labute approximate surface area is 163 Å². The van der Waals surface area contributed by atoms with Crippen LogP contribution in [-0.4, -0.2) is 26.8 Å². The van der Waals surface area contributed by atoms with Crippen LogP contribution in [0.4, 0.5) is 24.5 Å². The molecule has 150 valence electrons. The lowest BCUT2D eigenvalue weighted by molar-refractivity contribution is -0.117. The van der Waals surface area contributed by atoms with Crippen molar-refractivity contribution in [3.8, 4) is 0 Å². The summed E-state index contributed by atoms with van der Waals surface area (Å²) in [5, 5.41) is 12.3. The highest BCUT2D eigenvalue weighted by Gasteiger charge is 2.19. The van der Waals surface area contributed by atoms with E-state index < -0.39 is 29.3 Å². The van der Waals surface area contributed by atoms with E-state index in [-0.39, 0.29) is 29.3 Å². The van der Waals surface area contributed by atoms with E-state index in [1.54, 1.807) is 6.92 Å². The SMILES string of the molecule is Cc1ccc(F)cc1NC(=O)c1nnn(CC(=O)Nc2cc(F)ccc2F)c1C. The van der Waals surface area contributed by atoms with Crippen LogP contribution in [0.2, 0.25) is 0 Å². The van der Waals surface area contributed by atoms with Gasteiger partial charge in [0, 0.05) is 11.8 Å². The number of amides is 2. The summed E-state index contributed by atoms with van der Waals surface area (Å²) < 4.78 is 41.3. The minimum absolute atomic E-state index is 0.0570. The molecule has 0 unspecified atom stereocenters. The van der Waals surface area contributed by atoms with Crippen molar-refractivity contribution in [3.05, 3.63) is 70.8 Å². The molecule has 0 aliphatic heterocycles. The van der Waals surface area contributed by atoms with Gasteiger partial charge in [-0.15, -0.1) is 5.10 Å². The van der Waals surface area contributed by atoms with Gasteiger partial charge in [-0.1, -0.05) is 11.3 Å². The number of rotatable bonds is 5. The summed E-state index contributed by atoms with van der Waals surface area (Å²) in [7, 11) is 0. The first kappa shape index (κ1) is 20.1. The minimum atomic E-state index is -0.791. The lowest BCUT2D eigenvalue weighted by Gasteiger charge is -2.08. The lowest BCUT2D eigenvalue weighted by Crippen LogP contribution is -2.21. The number of nitrogens with zero attached hydrogens (tertiary/aromatic N) is 3. The quantitative estimate of drug-likeness (QED) is 0.685. The number of aryl methyl sites for hydroxylation is 1. The van der Waals surface area contributed by atoms with E-state index in [0.717, 1.165) is 22.9 Å². The minimum Gasteiger partial charge on any atom is -0.322 e. The molecule has 0 saturated heterocycles. The van der Waals surface area contributed by atoms with Crippen LogP contribution in [0.5, 0.6) is 0 Å². The van der Waals surface area contributed by atoms with Gasteiger partial charge < -0.3 is 10.6 Å². The van der Waals surface area contributed by atoms with Crippen molar-refractivity contribution in [2.45, 2.75) is 20.4 Å². The van der Waals surface area contributed by atoms with Gasteiger partial charge in [0.15, 0.2) is 5.69 Å². The third-order valence-corrected chi connectivity index (χ3v) is 4.14. The Morgan fingerprint density at radius 3 is 2.34 bits per heavy atom. The molecule has 3 rings (SSSR count). The van der Waals surface area contributed by atoms with E-state index in [0.29, 0.717) is 5.56 Å². The third-order valence-electron chi connectivity index (χ3n) is 4.14. The molecule has 2 amide bonds. The van der Waals surface area contributed by atoms with Gasteiger partial charge in [0.25, 0.3) is 5.91 Å². The van der Waals surface area contributed by atoms with Gasteiger partial charge >= 0.3 is 0 Å². The van der Waals surface area contributed by atoms with Gasteiger partial charge in [0.05, 0.1) is 11.4 Å². The first-order valence-electron chi connectivity index (χ1n) is 8.47. The highest BCUT2D eigenvalue weighted by molar-refractivity contribution is 6.04. The number of hydrogen-bond acceptors (Lipinski definition) is 4. The Hall–Kier alpha value is -3.69. The maximum atomic E-state index is 13.6. The molecule has 1 aromatic heterocycles. The van der Waals surface area contributed by atoms with Crippen LogP contribution < -0.4 is 10.6 Å². The van der Waals surface area contributed by atoms with E-state index in [1.165, 1.54) is 25.1 Å². The summed E-state index contributed by atoms with van der Waals surface area (Å²) in [6.45, 7) is 2.85. The first-order chi connectivity index (χ1) is 13.7. The number of carbonyl (C=O) groups excluding carboxylic acids is 2. The summed E-state index contributed by atoms with van der Waals surface area (Å²) in [5.41, 5.74) is 0.835. The van der Waals surface area contributed by atoms with Crippen molar-refractivity contribution in [2.75, 3.05) is 10.6 Å². The van der Waals surface area contributed by atoms with Crippen LogP contribution in [0, 0.1) is 31.3 Å². The van der Waals surface area contributed by atoms with Gasteiger partial charge in [-0.05, 0) is 43.7 Å². The Bertz CT molecular complexity index is 1100. The predicted molar refractivity (Wildman–Crippen MR) is 98.8 cm³/mol. The van der Waals surface area contributed by atoms with Crippen LogP contribution in [0.3, 0.4) is 0 Å². The molecule has 2 aromatic carbocycles. The Balaban J connectivity index is 1.71. The van der Waals surface area contributed by atoms with Crippen LogP contribution in [-0.2, 0) is 11.3 Å². The molecule has 0 fully saturated rings. The smallest absolute Gasteiger partial charge is 0.278 e. The zero-order chi connectivity index (χ0) is 21.1. The van der Waals surface area contributed by atoms with E-state index in [4.69, 9.17) is 0 Å². The van der Waals surface area contributed by atoms with Gasteiger partial charge in [-0.3, -0.25) is 9.59 Å². The fraction of sp³-hybridized carbons (Fsp3) is 0.158. The normalized spacial score (nSPS) is 10.7. The van der Waals surface area contributed by atoms with Crippen LogP contribution >= 0.6 is 0 Å². The molecular weight excluding hydrogens is 387 g/mol. The summed E-state index contributed by atoms with van der Waals surface area (Å²) in [6.07, 6.45) is 0. The van der Waals surface area contributed by atoms with Crippen LogP contribution in [0.25, 0.3) is 0 Å². The molecule has 2 N–H and O–H groups in total. The molecule has 3 aromatic rings. The summed E-state index contributed by atoms with van der Waals surface area (Å²) in [6, 6.07) is 6.63. The first-order valence-corrected chi connectivity index (χ1v) is 8.47. The van der Waals surface area contributed by atoms with Crippen molar-refractivity contribution in [1.29, 1.82) is 0 Å². The van der Waals surface area contributed by atoms with Gasteiger partial charge in [0.2, 0.25) is 5.91 Å². The Kier molecular flexibility index (Phi) is 5.62. The highest BCUT2D eigenvalue weighted by atomic mass is 19.1. The Morgan fingerprint density at radius 2 is 1.62 bits per heavy atom. The average molecular weight is 403 g/mol. The Morgan fingerprint density at radius 1 is 0.966 bits per heavy atom. The zero-order valence-corrected chi connectivity index (χ0v) is 15.5. The van der Waals surface area contributed by atoms with Gasteiger partial charge in [-0.2, -0.15) is 0 Å². The fourth-order valence-electron chi connectivity index (χ4n) is 2.55. The van der Waals surface area contributed by atoms with E-state index >= 15 is 0 Å². The molecule has 7 nitrogen and oxygen atoms in total. The second kappa shape index (κ2) is 8.13. The molecule has 29 heavy (non-hydrogen) atoms. The lowest BCUT2D eigenvalue weighted by atomic mass is 10.2. The summed E-state index contributed by atoms with van der Waals surface area (Å²) >= 11 is 0. The highest BCUT2D eigenvalue weighted by Crippen LogP contribution is 2.18. The molecule has 0 aliphatic carbocycles. The number of hydrogen-bond donors (Lipinski definition) is 2. The van der Waals surface area contributed by atoms with E-state index in [2.05, 4.69) is 20.9 Å². The zero-order valence-electron chi connectivity index (χ0n) is 15.5. The van der Waals surface area contributed by atoms with Crippen molar-refractivity contribution < 1.29 is 22.8 Å². The second-order valence-corrected chi connectivity index (χ2v) is 6.27. The van der Waals surface area contributed by atoms with Crippen LogP contribution in [0.1, 0.15) is 21.7 Å². The van der Waals surface area contributed by atoms with Crippen molar-refractivity contribution in [3.63, 3.8) is 0 Å². The largest absolute Gasteiger partial charge is 0.322 e. The molecule has 0 bridgehead atoms. The number of benzene rings is 2. The maximum Gasteiger partial charge on any atom is 0.278 e.